The summed E-state index contributed by atoms with van der Waals surface area (Å²) in [5.41, 5.74) is 2.47. The fourth-order valence-electron chi connectivity index (χ4n) is 2.05. The number of nitrogens with zero attached hydrogens (tertiary/aromatic N) is 1. The summed E-state index contributed by atoms with van der Waals surface area (Å²) in [6.45, 7) is 0. The maximum absolute atomic E-state index is 4.08. The molecule has 1 atom stereocenters. The van der Waals surface area contributed by atoms with Gasteiger partial charge in [0, 0.05) is 18.6 Å². The highest BCUT2D eigenvalue weighted by atomic mass is 32.2. The summed E-state index contributed by atoms with van der Waals surface area (Å²) in [4.78, 5) is 3.88. The van der Waals surface area contributed by atoms with Crippen LogP contribution in [0.1, 0.15) is 11.1 Å². The molecule has 2 heterocycles. The van der Waals surface area contributed by atoms with Crippen LogP contribution in [0.15, 0.2) is 66.5 Å². The summed E-state index contributed by atoms with van der Waals surface area (Å²) in [7, 11) is 0. The van der Waals surface area contributed by atoms with Gasteiger partial charge < -0.3 is 5.32 Å². The van der Waals surface area contributed by atoms with Crippen LogP contribution in [0.5, 0.6) is 0 Å². The SMILES string of the molecule is C1=CSC(c2ccccc2)(c2ccncc2)N1. The summed E-state index contributed by atoms with van der Waals surface area (Å²) >= 11 is 1.78. The minimum absolute atomic E-state index is 0.204. The summed E-state index contributed by atoms with van der Waals surface area (Å²) in [5.74, 6) is 0. The van der Waals surface area contributed by atoms with E-state index in [-0.39, 0.29) is 4.87 Å². The lowest BCUT2D eigenvalue weighted by Crippen LogP contribution is -2.33. The molecule has 1 unspecified atom stereocenters. The van der Waals surface area contributed by atoms with Gasteiger partial charge in [-0.2, -0.15) is 0 Å². The van der Waals surface area contributed by atoms with Crippen molar-refractivity contribution in [3.63, 3.8) is 0 Å². The molecule has 1 aliphatic rings. The summed E-state index contributed by atoms with van der Waals surface area (Å²) in [6, 6.07) is 14.6. The van der Waals surface area contributed by atoms with Crippen LogP contribution in [-0.2, 0) is 4.87 Å². The van der Waals surface area contributed by atoms with E-state index < -0.39 is 0 Å². The summed E-state index contributed by atoms with van der Waals surface area (Å²) in [6.07, 6.45) is 5.67. The van der Waals surface area contributed by atoms with Crippen molar-refractivity contribution >= 4 is 11.8 Å². The number of rotatable bonds is 2. The van der Waals surface area contributed by atoms with E-state index in [4.69, 9.17) is 0 Å². The molecule has 0 fully saturated rings. The lowest BCUT2D eigenvalue weighted by atomic mass is 9.99. The second-order valence-corrected chi connectivity index (χ2v) is 4.97. The number of hydrogen-bond donors (Lipinski definition) is 1. The second kappa shape index (κ2) is 4.26. The van der Waals surface area contributed by atoms with Crippen LogP contribution in [-0.4, -0.2) is 4.98 Å². The van der Waals surface area contributed by atoms with Crippen molar-refractivity contribution in [3.05, 3.63) is 77.6 Å². The predicted molar refractivity (Wildman–Crippen MR) is 71.3 cm³/mol. The van der Waals surface area contributed by atoms with Crippen LogP contribution in [0.25, 0.3) is 0 Å². The first-order valence-corrected chi connectivity index (χ1v) is 6.36. The minimum atomic E-state index is -0.204. The van der Waals surface area contributed by atoms with Crippen LogP contribution in [0.4, 0.5) is 0 Å². The van der Waals surface area contributed by atoms with Gasteiger partial charge in [0.1, 0.15) is 4.87 Å². The molecular weight excluding hydrogens is 228 g/mol. The van der Waals surface area contributed by atoms with E-state index in [1.165, 1.54) is 11.1 Å². The Morgan fingerprint density at radius 3 is 2.29 bits per heavy atom. The van der Waals surface area contributed by atoms with Crippen molar-refractivity contribution in [2.45, 2.75) is 4.87 Å². The molecule has 0 saturated heterocycles. The van der Waals surface area contributed by atoms with E-state index >= 15 is 0 Å². The molecule has 0 amide bonds. The Balaban J connectivity index is 2.12. The Kier molecular flexibility index (Phi) is 2.61. The van der Waals surface area contributed by atoms with Gasteiger partial charge in [0.2, 0.25) is 0 Å². The predicted octanol–water partition coefficient (Wildman–Crippen LogP) is 3.09. The third-order valence-electron chi connectivity index (χ3n) is 2.87. The molecule has 0 bridgehead atoms. The molecule has 1 aromatic carbocycles. The Morgan fingerprint density at radius 2 is 1.65 bits per heavy atom. The Hall–Kier alpha value is -1.74. The summed E-state index contributed by atoms with van der Waals surface area (Å²) < 4.78 is 0. The molecule has 0 saturated carbocycles. The molecule has 0 aliphatic carbocycles. The molecule has 2 nitrogen and oxygen atoms in total. The van der Waals surface area contributed by atoms with Gasteiger partial charge >= 0.3 is 0 Å². The van der Waals surface area contributed by atoms with E-state index in [1.807, 2.05) is 24.7 Å². The maximum atomic E-state index is 4.08. The minimum Gasteiger partial charge on any atom is -0.369 e. The fraction of sp³-hybridized carbons (Fsp3) is 0.0714. The van der Waals surface area contributed by atoms with Crippen LogP contribution in [0, 0.1) is 0 Å². The molecule has 0 radical (unpaired) electrons. The van der Waals surface area contributed by atoms with Gasteiger partial charge in [0.25, 0.3) is 0 Å². The van der Waals surface area contributed by atoms with E-state index in [0.717, 1.165) is 0 Å². The number of hydrogen-bond acceptors (Lipinski definition) is 3. The van der Waals surface area contributed by atoms with Crippen molar-refractivity contribution in [1.29, 1.82) is 0 Å². The smallest absolute Gasteiger partial charge is 0.139 e. The van der Waals surface area contributed by atoms with Gasteiger partial charge in [-0.15, -0.1) is 0 Å². The van der Waals surface area contributed by atoms with Crippen molar-refractivity contribution in [3.8, 4) is 0 Å². The first-order chi connectivity index (χ1) is 8.42. The summed E-state index contributed by atoms with van der Waals surface area (Å²) in [5, 5.41) is 5.55. The number of benzene rings is 1. The average Bonchev–Trinajstić information content (AvgIpc) is 2.91. The van der Waals surface area contributed by atoms with Gasteiger partial charge in [0.05, 0.1) is 0 Å². The third-order valence-corrected chi connectivity index (χ3v) is 4.08. The maximum Gasteiger partial charge on any atom is 0.139 e. The molecule has 1 aromatic heterocycles. The molecule has 3 rings (SSSR count). The molecule has 84 valence electrons. The Bertz CT molecular complexity index is 473. The van der Waals surface area contributed by atoms with Crippen molar-refractivity contribution in [2.24, 2.45) is 0 Å². The molecule has 0 spiro atoms. The van der Waals surface area contributed by atoms with E-state index in [0.29, 0.717) is 0 Å². The van der Waals surface area contributed by atoms with Crippen molar-refractivity contribution in [2.75, 3.05) is 0 Å². The molecule has 1 N–H and O–H groups in total. The zero-order valence-corrected chi connectivity index (χ0v) is 10.0. The standard InChI is InChI=1S/C14H12N2S/c1-2-4-12(5-3-1)14(16-10-11-17-14)13-6-8-15-9-7-13/h1-11,16H. The van der Waals surface area contributed by atoms with Gasteiger partial charge in [-0.3, -0.25) is 4.98 Å². The fourth-order valence-corrected chi connectivity index (χ4v) is 3.07. The van der Waals surface area contributed by atoms with Gasteiger partial charge in [-0.05, 0) is 28.7 Å². The molecule has 3 heteroatoms. The normalized spacial score (nSPS) is 22.4. The van der Waals surface area contributed by atoms with Crippen molar-refractivity contribution in [1.82, 2.24) is 10.3 Å². The number of aromatic nitrogens is 1. The second-order valence-electron chi connectivity index (χ2n) is 3.85. The number of thioether (sulfide) groups is 1. The largest absolute Gasteiger partial charge is 0.369 e. The van der Waals surface area contributed by atoms with Crippen molar-refractivity contribution < 1.29 is 0 Å². The topological polar surface area (TPSA) is 24.9 Å². The number of pyridine rings is 1. The lowest BCUT2D eigenvalue weighted by Gasteiger charge is -2.30. The average molecular weight is 240 g/mol. The Morgan fingerprint density at radius 1 is 0.941 bits per heavy atom. The van der Waals surface area contributed by atoms with Crippen LogP contribution in [0.3, 0.4) is 0 Å². The highest BCUT2D eigenvalue weighted by Crippen LogP contribution is 2.43. The lowest BCUT2D eigenvalue weighted by molar-refractivity contribution is 0.675. The first-order valence-electron chi connectivity index (χ1n) is 5.48. The Labute approximate surface area is 105 Å². The van der Waals surface area contributed by atoms with Gasteiger partial charge in [-0.25, -0.2) is 0 Å². The highest BCUT2D eigenvalue weighted by molar-refractivity contribution is 8.03. The molecule has 17 heavy (non-hydrogen) atoms. The van der Waals surface area contributed by atoms with Gasteiger partial charge in [-0.1, -0.05) is 42.1 Å². The third kappa shape index (κ3) is 1.72. The zero-order chi connectivity index (χ0) is 11.6. The zero-order valence-electron chi connectivity index (χ0n) is 9.21. The van der Waals surface area contributed by atoms with E-state index in [1.54, 1.807) is 11.8 Å². The van der Waals surface area contributed by atoms with Gasteiger partial charge in [0.15, 0.2) is 0 Å². The van der Waals surface area contributed by atoms with E-state index in [9.17, 15) is 0 Å². The highest BCUT2D eigenvalue weighted by Gasteiger charge is 2.35. The molecule has 2 aromatic rings. The van der Waals surface area contributed by atoms with E-state index in [2.05, 4.69) is 52.1 Å². The molecule has 1 aliphatic heterocycles. The first kappa shape index (κ1) is 10.4. The monoisotopic (exact) mass is 240 g/mol. The van der Waals surface area contributed by atoms with Crippen LogP contribution in [0.2, 0.25) is 0 Å². The number of nitrogens with one attached hydrogen (secondary N) is 1. The molecular formula is C14H12N2S. The van der Waals surface area contributed by atoms with Crippen LogP contribution >= 0.6 is 11.8 Å². The quantitative estimate of drug-likeness (QED) is 0.873. The van der Waals surface area contributed by atoms with Crippen LogP contribution < -0.4 is 5.32 Å².